The van der Waals surface area contributed by atoms with E-state index in [2.05, 4.69) is 4.74 Å². The van der Waals surface area contributed by atoms with Crippen LogP contribution in [0.4, 0.5) is 0 Å². The Labute approximate surface area is 148 Å². The van der Waals surface area contributed by atoms with Crippen molar-refractivity contribution >= 4 is 11.9 Å². The Morgan fingerprint density at radius 1 is 0.880 bits per heavy atom. The van der Waals surface area contributed by atoms with Gasteiger partial charge in [0.2, 0.25) is 0 Å². The number of nitrogens with zero attached hydrogens (tertiary/aromatic N) is 1. The van der Waals surface area contributed by atoms with Gasteiger partial charge in [-0.2, -0.15) is 0 Å². The summed E-state index contributed by atoms with van der Waals surface area (Å²) in [6, 6.07) is 15.6. The van der Waals surface area contributed by atoms with Crippen LogP contribution in [0.5, 0.6) is 0 Å². The summed E-state index contributed by atoms with van der Waals surface area (Å²) >= 11 is 0. The molecule has 2 aromatic rings. The van der Waals surface area contributed by atoms with E-state index in [0.717, 1.165) is 48.2 Å². The summed E-state index contributed by atoms with van der Waals surface area (Å²) in [5.41, 5.74) is 3.78. The second-order valence-electron chi connectivity index (χ2n) is 6.38. The molecule has 1 fully saturated rings. The van der Waals surface area contributed by atoms with Gasteiger partial charge in [-0.25, -0.2) is 0 Å². The maximum absolute atomic E-state index is 12.5. The number of methoxy groups -OCH3 is 1. The number of esters is 1. The van der Waals surface area contributed by atoms with Crippen molar-refractivity contribution in [2.75, 3.05) is 20.2 Å². The Kier molecular flexibility index (Phi) is 5.49. The average Bonchev–Trinajstić information content (AvgIpc) is 2.69. The van der Waals surface area contributed by atoms with Gasteiger partial charge in [-0.15, -0.1) is 0 Å². The van der Waals surface area contributed by atoms with E-state index in [1.54, 1.807) is 0 Å². The molecule has 4 nitrogen and oxygen atoms in total. The van der Waals surface area contributed by atoms with E-state index in [1.165, 1.54) is 13.5 Å². The van der Waals surface area contributed by atoms with Crippen LogP contribution >= 0.6 is 0 Å². The van der Waals surface area contributed by atoms with Crippen LogP contribution in [-0.2, 0) is 16.0 Å². The standard InChI is InChI=1S/C21H23NO3/c1-25-20(23)15-16-5-7-17(8-6-16)18-9-11-19(12-10-18)21(24)22-13-3-2-4-14-22/h5-12H,2-4,13-15H2,1H3. The van der Waals surface area contributed by atoms with Gasteiger partial charge in [-0.1, -0.05) is 36.4 Å². The van der Waals surface area contributed by atoms with Gasteiger partial charge in [0.05, 0.1) is 13.5 Å². The van der Waals surface area contributed by atoms with Crippen LogP contribution in [0.15, 0.2) is 48.5 Å². The maximum atomic E-state index is 12.5. The lowest BCUT2D eigenvalue weighted by Crippen LogP contribution is -2.35. The SMILES string of the molecule is COC(=O)Cc1ccc(-c2ccc(C(=O)N3CCCCC3)cc2)cc1. The summed E-state index contributed by atoms with van der Waals surface area (Å²) in [5.74, 6) is -0.118. The van der Waals surface area contributed by atoms with E-state index in [0.29, 0.717) is 0 Å². The van der Waals surface area contributed by atoms with E-state index in [-0.39, 0.29) is 18.3 Å². The Balaban J connectivity index is 1.69. The summed E-state index contributed by atoms with van der Waals surface area (Å²) in [6.07, 6.45) is 3.69. The molecular formula is C21H23NO3. The van der Waals surface area contributed by atoms with Crippen molar-refractivity contribution in [3.05, 3.63) is 59.7 Å². The first-order chi connectivity index (χ1) is 12.2. The number of hydrogen-bond donors (Lipinski definition) is 0. The number of likely N-dealkylation sites (tertiary alicyclic amines) is 1. The fraction of sp³-hybridized carbons (Fsp3) is 0.333. The minimum atomic E-state index is -0.242. The van der Waals surface area contributed by atoms with Crippen molar-refractivity contribution in [2.45, 2.75) is 25.7 Å². The highest BCUT2D eigenvalue weighted by Gasteiger charge is 2.17. The lowest BCUT2D eigenvalue weighted by Gasteiger charge is -2.26. The minimum absolute atomic E-state index is 0.125. The molecule has 2 aromatic carbocycles. The highest BCUT2D eigenvalue weighted by atomic mass is 16.5. The van der Waals surface area contributed by atoms with Crippen molar-refractivity contribution in [3.63, 3.8) is 0 Å². The van der Waals surface area contributed by atoms with Crippen molar-refractivity contribution in [2.24, 2.45) is 0 Å². The molecule has 0 spiro atoms. The first-order valence-corrected chi connectivity index (χ1v) is 8.73. The molecule has 1 aliphatic rings. The Morgan fingerprint density at radius 3 is 2.00 bits per heavy atom. The predicted octanol–water partition coefficient (Wildman–Crippen LogP) is 3.70. The molecule has 0 N–H and O–H groups in total. The number of carbonyl (C=O) groups is 2. The van der Waals surface area contributed by atoms with Gasteiger partial charge >= 0.3 is 5.97 Å². The molecule has 1 heterocycles. The molecule has 0 saturated carbocycles. The molecular weight excluding hydrogens is 314 g/mol. The van der Waals surface area contributed by atoms with Crippen molar-refractivity contribution in [1.29, 1.82) is 0 Å². The van der Waals surface area contributed by atoms with Crippen LogP contribution in [0.1, 0.15) is 35.2 Å². The zero-order chi connectivity index (χ0) is 17.6. The quantitative estimate of drug-likeness (QED) is 0.799. The topological polar surface area (TPSA) is 46.6 Å². The smallest absolute Gasteiger partial charge is 0.309 e. The van der Waals surface area contributed by atoms with E-state index < -0.39 is 0 Å². The van der Waals surface area contributed by atoms with Crippen molar-refractivity contribution in [1.82, 2.24) is 4.90 Å². The Morgan fingerprint density at radius 2 is 1.44 bits per heavy atom. The monoisotopic (exact) mass is 337 g/mol. The molecule has 3 rings (SSSR count). The third-order valence-corrected chi connectivity index (χ3v) is 4.64. The molecule has 0 bridgehead atoms. The average molecular weight is 337 g/mol. The molecule has 25 heavy (non-hydrogen) atoms. The second kappa shape index (κ2) is 7.97. The van der Waals surface area contributed by atoms with Gasteiger partial charge in [0.15, 0.2) is 0 Å². The van der Waals surface area contributed by atoms with Crippen LogP contribution < -0.4 is 0 Å². The van der Waals surface area contributed by atoms with Gasteiger partial charge in [0.25, 0.3) is 5.91 Å². The molecule has 4 heteroatoms. The summed E-state index contributed by atoms with van der Waals surface area (Å²) in [6.45, 7) is 1.73. The number of ether oxygens (including phenoxy) is 1. The van der Waals surface area contributed by atoms with Crippen LogP contribution in [0, 0.1) is 0 Å². The van der Waals surface area contributed by atoms with Gasteiger partial charge in [-0.05, 0) is 48.1 Å². The molecule has 130 valence electrons. The molecule has 0 aliphatic carbocycles. The predicted molar refractivity (Wildman–Crippen MR) is 97.4 cm³/mol. The van der Waals surface area contributed by atoms with Crippen LogP contribution in [0.3, 0.4) is 0 Å². The van der Waals surface area contributed by atoms with Gasteiger partial charge in [0, 0.05) is 18.7 Å². The van der Waals surface area contributed by atoms with Crippen LogP contribution in [0.2, 0.25) is 0 Å². The largest absolute Gasteiger partial charge is 0.469 e. The number of amides is 1. The molecule has 1 amide bonds. The van der Waals surface area contributed by atoms with Crippen LogP contribution in [-0.4, -0.2) is 37.0 Å². The first-order valence-electron chi connectivity index (χ1n) is 8.73. The molecule has 1 saturated heterocycles. The van der Waals surface area contributed by atoms with E-state index in [1.807, 2.05) is 53.4 Å². The zero-order valence-electron chi connectivity index (χ0n) is 14.5. The normalized spacial score (nSPS) is 14.2. The first kappa shape index (κ1) is 17.2. The summed E-state index contributed by atoms with van der Waals surface area (Å²) in [4.78, 5) is 25.8. The summed E-state index contributed by atoms with van der Waals surface area (Å²) < 4.78 is 4.68. The van der Waals surface area contributed by atoms with E-state index >= 15 is 0 Å². The maximum Gasteiger partial charge on any atom is 0.309 e. The molecule has 0 unspecified atom stereocenters. The molecule has 0 atom stereocenters. The number of carbonyl (C=O) groups excluding carboxylic acids is 2. The highest BCUT2D eigenvalue weighted by molar-refractivity contribution is 5.94. The van der Waals surface area contributed by atoms with E-state index in [9.17, 15) is 9.59 Å². The number of benzene rings is 2. The van der Waals surface area contributed by atoms with Gasteiger partial charge < -0.3 is 9.64 Å². The third-order valence-electron chi connectivity index (χ3n) is 4.64. The van der Waals surface area contributed by atoms with Crippen LogP contribution in [0.25, 0.3) is 11.1 Å². The molecule has 1 aliphatic heterocycles. The van der Waals surface area contributed by atoms with Gasteiger partial charge in [0.1, 0.15) is 0 Å². The number of hydrogen-bond acceptors (Lipinski definition) is 3. The Bertz CT molecular complexity index is 729. The molecule has 0 radical (unpaired) electrons. The number of rotatable bonds is 4. The fourth-order valence-electron chi connectivity index (χ4n) is 3.14. The zero-order valence-corrected chi connectivity index (χ0v) is 14.5. The Hall–Kier alpha value is -2.62. The van der Waals surface area contributed by atoms with E-state index in [4.69, 9.17) is 0 Å². The highest BCUT2D eigenvalue weighted by Crippen LogP contribution is 2.22. The second-order valence-corrected chi connectivity index (χ2v) is 6.38. The van der Waals surface area contributed by atoms with Gasteiger partial charge in [-0.3, -0.25) is 9.59 Å². The fourth-order valence-corrected chi connectivity index (χ4v) is 3.14. The summed E-state index contributed by atoms with van der Waals surface area (Å²) in [5, 5.41) is 0. The lowest BCUT2D eigenvalue weighted by atomic mass is 10.0. The third kappa shape index (κ3) is 4.27. The minimum Gasteiger partial charge on any atom is -0.469 e. The number of piperidine rings is 1. The lowest BCUT2D eigenvalue weighted by molar-refractivity contribution is -0.139. The van der Waals surface area contributed by atoms with Crippen molar-refractivity contribution < 1.29 is 14.3 Å². The van der Waals surface area contributed by atoms with Crippen molar-refractivity contribution in [3.8, 4) is 11.1 Å². The summed E-state index contributed by atoms with van der Waals surface area (Å²) in [7, 11) is 1.39. The molecule has 0 aromatic heterocycles.